The Labute approximate surface area is 182 Å². The molecule has 1 aliphatic carbocycles. The Morgan fingerprint density at radius 3 is 2.50 bits per heavy atom. The van der Waals surface area contributed by atoms with Gasteiger partial charge in [0.25, 0.3) is 0 Å². The number of rotatable bonds is 6. The number of nitrogens with zero attached hydrogens (tertiary/aromatic N) is 6. The van der Waals surface area contributed by atoms with E-state index in [9.17, 15) is 0 Å². The van der Waals surface area contributed by atoms with E-state index in [1.807, 2.05) is 41.0 Å². The minimum Gasteiger partial charge on any atom is -0.497 e. The smallest absolute Gasteiger partial charge is 0.202 e. The number of hydrogen-bond acceptors (Lipinski definition) is 7. The molecule has 0 amide bonds. The Morgan fingerprint density at radius 1 is 1.03 bits per heavy atom. The number of ether oxygens (including phenoxy) is 1. The lowest BCUT2D eigenvalue weighted by Gasteiger charge is -2.11. The van der Waals surface area contributed by atoms with Crippen molar-refractivity contribution in [2.45, 2.75) is 28.9 Å². The second-order valence-electron chi connectivity index (χ2n) is 6.84. The highest BCUT2D eigenvalue weighted by atomic mass is 35.5. The van der Waals surface area contributed by atoms with Crippen LogP contribution in [-0.4, -0.2) is 36.8 Å². The standard InChI is InChI=1S/C21H17ClN6OS/c1-29-16-6-4-15(5-7-16)28-20(14-8-10-23-11-9-14)26-27-21(28)30-18-12-17(22)24-19(25-18)13-2-3-13/h4-13H,2-3H2,1H3. The quantitative estimate of drug-likeness (QED) is 0.401. The maximum absolute atomic E-state index is 6.25. The second-order valence-corrected chi connectivity index (χ2v) is 8.21. The molecule has 0 aliphatic heterocycles. The van der Waals surface area contributed by atoms with Gasteiger partial charge in [-0.3, -0.25) is 9.55 Å². The van der Waals surface area contributed by atoms with Crippen LogP contribution < -0.4 is 4.74 Å². The van der Waals surface area contributed by atoms with Crippen LogP contribution >= 0.6 is 23.4 Å². The van der Waals surface area contributed by atoms with Crippen LogP contribution in [0.4, 0.5) is 0 Å². The zero-order valence-corrected chi connectivity index (χ0v) is 17.6. The van der Waals surface area contributed by atoms with Crippen molar-refractivity contribution in [3.63, 3.8) is 0 Å². The molecule has 4 aromatic rings. The summed E-state index contributed by atoms with van der Waals surface area (Å²) in [7, 11) is 1.65. The van der Waals surface area contributed by atoms with Crippen molar-refractivity contribution in [3.05, 3.63) is 65.8 Å². The fraction of sp³-hybridized carbons (Fsp3) is 0.190. The SMILES string of the molecule is COc1ccc(-n2c(Sc3cc(Cl)nc(C4CC4)n3)nnc2-c2ccncc2)cc1. The van der Waals surface area contributed by atoms with Crippen molar-refractivity contribution in [1.29, 1.82) is 0 Å². The van der Waals surface area contributed by atoms with Crippen LogP contribution in [0.25, 0.3) is 17.1 Å². The minimum atomic E-state index is 0.412. The molecule has 7 nitrogen and oxygen atoms in total. The molecular weight excluding hydrogens is 420 g/mol. The molecule has 1 aromatic carbocycles. The van der Waals surface area contributed by atoms with Crippen LogP contribution in [0.15, 0.2) is 65.0 Å². The topological polar surface area (TPSA) is 78.6 Å². The maximum atomic E-state index is 6.25. The van der Waals surface area contributed by atoms with Crippen molar-refractivity contribution < 1.29 is 4.74 Å². The third-order valence-electron chi connectivity index (χ3n) is 4.73. The average Bonchev–Trinajstić information content (AvgIpc) is 3.55. The van der Waals surface area contributed by atoms with Crippen LogP contribution in [0.1, 0.15) is 24.6 Å². The normalized spacial score (nSPS) is 13.4. The first kappa shape index (κ1) is 19.0. The van der Waals surface area contributed by atoms with Gasteiger partial charge in [0, 0.05) is 29.9 Å². The molecule has 1 aliphatic rings. The summed E-state index contributed by atoms with van der Waals surface area (Å²) in [6.07, 6.45) is 5.69. The van der Waals surface area contributed by atoms with E-state index >= 15 is 0 Å². The fourth-order valence-electron chi connectivity index (χ4n) is 3.07. The van der Waals surface area contributed by atoms with Gasteiger partial charge in [0.15, 0.2) is 5.82 Å². The molecule has 3 aromatic heterocycles. The van der Waals surface area contributed by atoms with Crippen molar-refractivity contribution in [2.75, 3.05) is 7.11 Å². The largest absolute Gasteiger partial charge is 0.497 e. The lowest BCUT2D eigenvalue weighted by molar-refractivity contribution is 0.414. The molecular formula is C21H17ClN6OS. The van der Waals surface area contributed by atoms with Crippen LogP contribution in [-0.2, 0) is 0 Å². The third-order valence-corrected chi connectivity index (χ3v) is 5.79. The van der Waals surface area contributed by atoms with Gasteiger partial charge in [0.1, 0.15) is 21.8 Å². The zero-order chi connectivity index (χ0) is 20.5. The van der Waals surface area contributed by atoms with E-state index < -0.39 is 0 Å². The molecule has 0 atom stereocenters. The predicted octanol–water partition coefficient (Wildman–Crippen LogP) is 4.81. The molecule has 30 heavy (non-hydrogen) atoms. The first-order chi connectivity index (χ1) is 14.7. The molecule has 0 bridgehead atoms. The van der Waals surface area contributed by atoms with Crippen molar-refractivity contribution in [2.24, 2.45) is 0 Å². The second kappa shape index (κ2) is 8.04. The first-order valence-corrected chi connectivity index (χ1v) is 10.6. The Hall–Kier alpha value is -2.97. The molecule has 0 spiro atoms. The average molecular weight is 437 g/mol. The van der Waals surface area contributed by atoms with E-state index in [2.05, 4.69) is 20.2 Å². The van der Waals surface area contributed by atoms with Gasteiger partial charge in [-0.25, -0.2) is 9.97 Å². The Bertz CT molecular complexity index is 1180. The maximum Gasteiger partial charge on any atom is 0.202 e. The van der Waals surface area contributed by atoms with Crippen LogP contribution in [0.5, 0.6) is 5.75 Å². The number of halogens is 1. The predicted molar refractivity (Wildman–Crippen MR) is 114 cm³/mol. The minimum absolute atomic E-state index is 0.412. The lowest BCUT2D eigenvalue weighted by Crippen LogP contribution is -2.01. The Balaban J connectivity index is 1.59. The van der Waals surface area contributed by atoms with Crippen molar-refractivity contribution in [1.82, 2.24) is 29.7 Å². The van der Waals surface area contributed by atoms with Crippen LogP contribution in [0.2, 0.25) is 5.15 Å². The number of methoxy groups -OCH3 is 1. The van der Waals surface area contributed by atoms with E-state index in [1.54, 1.807) is 25.6 Å². The molecule has 3 heterocycles. The summed E-state index contributed by atoms with van der Waals surface area (Å²) in [4.78, 5) is 13.2. The molecule has 5 rings (SSSR count). The van der Waals surface area contributed by atoms with Gasteiger partial charge in [-0.2, -0.15) is 0 Å². The van der Waals surface area contributed by atoms with Gasteiger partial charge in [-0.05, 0) is 61.0 Å². The highest BCUT2D eigenvalue weighted by Gasteiger charge is 2.27. The summed E-state index contributed by atoms with van der Waals surface area (Å²) in [6.45, 7) is 0. The van der Waals surface area contributed by atoms with E-state index in [-0.39, 0.29) is 0 Å². The number of pyridine rings is 1. The highest BCUT2D eigenvalue weighted by Crippen LogP contribution is 2.40. The van der Waals surface area contributed by atoms with Crippen molar-refractivity contribution >= 4 is 23.4 Å². The van der Waals surface area contributed by atoms with Gasteiger partial charge in [0.2, 0.25) is 5.16 Å². The number of aromatic nitrogens is 6. The van der Waals surface area contributed by atoms with Crippen molar-refractivity contribution in [3.8, 4) is 22.8 Å². The summed E-state index contributed by atoms with van der Waals surface area (Å²) in [5, 5.41) is 10.8. The molecule has 9 heteroatoms. The van der Waals surface area contributed by atoms with Gasteiger partial charge in [0.05, 0.1) is 12.8 Å². The number of benzene rings is 1. The summed E-state index contributed by atoms with van der Waals surface area (Å²) in [5.74, 6) is 2.71. The van der Waals surface area contributed by atoms with E-state index in [0.717, 1.165) is 40.7 Å². The monoisotopic (exact) mass is 436 g/mol. The first-order valence-electron chi connectivity index (χ1n) is 9.44. The van der Waals surface area contributed by atoms with Crippen LogP contribution in [0.3, 0.4) is 0 Å². The third kappa shape index (κ3) is 3.88. The van der Waals surface area contributed by atoms with Gasteiger partial charge in [-0.15, -0.1) is 10.2 Å². The Kier molecular flexibility index (Phi) is 5.10. The molecule has 0 radical (unpaired) electrons. The molecule has 1 fully saturated rings. The molecule has 1 saturated carbocycles. The lowest BCUT2D eigenvalue weighted by atomic mass is 10.2. The fourth-order valence-corrected chi connectivity index (χ4v) is 4.19. The van der Waals surface area contributed by atoms with Gasteiger partial charge >= 0.3 is 0 Å². The summed E-state index contributed by atoms with van der Waals surface area (Å²) >= 11 is 7.67. The molecule has 0 N–H and O–H groups in total. The van der Waals surface area contributed by atoms with Gasteiger partial charge < -0.3 is 4.74 Å². The van der Waals surface area contributed by atoms with Crippen LogP contribution in [0, 0.1) is 0 Å². The molecule has 0 unspecified atom stereocenters. The molecule has 0 saturated heterocycles. The van der Waals surface area contributed by atoms with E-state index in [0.29, 0.717) is 22.1 Å². The summed E-state index contributed by atoms with van der Waals surface area (Å²) in [6, 6.07) is 13.3. The van der Waals surface area contributed by atoms with Gasteiger partial charge in [-0.1, -0.05) is 11.6 Å². The van der Waals surface area contributed by atoms with E-state index in [4.69, 9.17) is 21.3 Å². The zero-order valence-electron chi connectivity index (χ0n) is 16.1. The highest BCUT2D eigenvalue weighted by molar-refractivity contribution is 7.99. The summed E-state index contributed by atoms with van der Waals surface area (Å²) < 4.78 is 7.29. The van der Waals surface area contributed by atoms with E-state index in [1.165, 1.54) is 11.8 Å². The number of hydrogen-bond donors (Lipinski definition) is 0. The summed E-state index contributed by atoms with van der Waals surface area (Å²) in [5.41, 5.74) is 1.83. The molecule has 150 valence electrons. The Morgan fingerprint density at radius 2 is 1.80 bits per heavy atom.